The quantitative estimate of drug-likeness (QED) is 0.897. The Kier molecular flexibility index (Phi) is 3.50. The van der Waals surface area contributed by atoms with Crippen LogP contribution in [0.4, 0.5) is 0 Å². The Morgan fingerprint density at radius 3 is 2.89 bits per heavy atom. The molecule has 102 valence electrons. The number of hydrogen-bond donors (Lipinski definition) is 2. The van der Waals surface area contributed by atoms with Crippen LogP contribution >= 0.6 is 15.9 Å². The SMILES string of the molecule is O=C(NC1CCOC1C1CC1)c1cc(Br)ccc1O. The number of benzene rings is 1. The first kappa shape index (κ1) is 12.9. The van der Waals surface area contributed by atoms with Crippen LogP contribution in [0.1, 0.15) is 29.6 Å². The van der Waals surface area contributed by atoms with Crippen molar-refractivity contribution in [3.8, 4) is 5.75 Å². The van der Waals surface area contributed by atoms with Gasteiger partial charge in [-0.25, -0.2) is 0 Å². The van der Waals surface area contributed by atoms with E-state index in [0.29, 0.717) is 18.1 Å². The summed E-state index contributed by atoms with van der Waals surface area (Å²) in [5.41, 5.74) is 0.302. The highest BCUT2D eigenvalue weighted by molar-refractivity contribution is 9.10. The monoisotopic (exact) mass is 325 g/mol. The molecule has 0 bridgehead atoms. The third-order valence-electron chi connectivity index (χ3n) is 3.74. The third-order valence-corrected chi connectivity index (χ3v) is 4.24. The Hall–Kier alpha value is -1.07. The van der Waals surface area contributed by atoms with Gasteiger partial charge in [-0.3, -0.25) is 4.79 Å². The number of ether oxygens (including phenoxy) is 1. The van der Waals surface area contributed by atoms with E-state index in [1.807, 2.05) is 0 Å². The van der Waals surface area contributed by atoms with Crippen molar-refractivity contribution in [3.05, 3.63) is 28.2 Å². The first-order chi connectivity index (χ1) is 9.15. The lowest BCUT2D eigenvalue weighted by molar-refractivity contribution is 0.0728. The largest absolute Gasteiger partial charge is 0.507 e. The molecule has 1 heterocycles. The summed E-state index contributed by atoms with van der Waals surface area (Å²) in [5.74, 6) is 0.367. The highest BCUT2D eigenvalue weighted by Crippen LogP contribution is 2.38. The molecule has 1 aromatic rings. The zero-order valence-corrected chi connectivity index (χ0v) is 12.0. The molecule has 4 nitrogen and oxygen atoms in total. The summed E-state index contributed by atoms with van der Waals surface area (Å²) < 4.78 is 6.47. The van der Waals surface area contributed by atoms with E-state index in [9.17, 15) is 9.90 Å². The molecule has 2 unspecified atom stereocenters. The Balaban J connectivity index is 1.72. The number of amides is 1. The molecule has 0 spiro atoms. The van der Waals surface area contributed by atoms with E-state index in [0.717, 1.165) is 10.9 Å². The molecule has 3 rings (SSSR count). The van der Waals surface area contributed by atoms with Gasteiger partial charge >= 0.3 is 0 Å². The van der Waals surface area contributed by atoms with E-state index in [4.69, 9.17) is 4.74 Å². The van der Waals surface area contributed by atoms with Gasteiger partial charge in [0.1, 0.15) is 5.75 Å². The van der Waals surface area contributed by atoms with Gasteiger partial charge in [-0.1, -0.05) is 15.9 Å². The van der Waals surface area contributed by atoms with Crippen LogP contribution < -0.4 is 5.32 Å². The fourth-order valence-corrected chi connectivity index (χ4v) is 2.95. The number of phenols is 1. The lowest BCUT2D eigenvalue weighted by Crippen LogP contribution is -2.41. The Morgan fingerprint density at radius 2 is 2.16 bits per heavy atom. The van der Waals surface area contributed by atoms with Crippen molar-refractivity contribution in [1.29, 1.82) is 0 Å². The Labute approximate surface area is 120 Å². The van der Waals surface area contributed by atoms with E-state index in [-0.39, 0.29) is 23.8 Å². The van der Waals surface area contributed by atoms with Crippen LogP contribution in [0.2, 0.25) is 0 Å². The zero-order chi connectivity index (χ0) is 13.4. The molecule has 2 atom stereocenters. The first-order valence-corrected chi connectivity index (χ1v) is 7.35. The van der Waals surface area contributed by atoms with E-state index in [2.05, 4.69) is 21.2 Å². The topological polar surface area (TPSA) is 58.6 Å². The molecule has 2 fully saturated rings. The van der Waals surface area contributed by atoms with Gasteiger partial charge in [-0.15, -0.1) is 0 Å². The second-order valence-electron chi connectivity index (χ2n) is 5.20. The van der Waals surface area contributed by atoms with Crippen LogP contribution in [0.25, 0.3) is 0 Å². The lowest BCUT2D eigenvalue weighted by atomic mass is 10.1. The first-order valence-electron chi connectivity index (χ1n) is 6.56. The highest BCUT2D eigenvalue weighted by atomic mass is 79.9. The van der Waals surface area contributed by atoms with Crippen molar-refractivity contribution in [2.75, 3.05) is 6.61 Å². The van der Waals surface area contributed by atoms with Gasteiger partial charge in [0.25, 0.3) is 5.91 Å². The second kappa shape index (κ2) is 5.13. The van der Waals surface area contributed by atoms with Crippen molar-refractivity contribution >= 4 is 21.8 Å². The van der Waals surface area contributed by atoms with Crippen LogP contribution in [0.5, 0.6) is 5.75 Å². The number of hydrogen-bond acceptors (Lipinski definition) is 3. The summed E-state index contributed by atoms with van der Waals surface area (Å²) in [5, 5.41) is 12.7. The number of halogens is 1. The standard InChI is InChI=1S/C14H16BrNO3/c15-9-3-4-12(17)10(7-9)14(18)16-11-5-6-19-13(11)8-1-2-8/h3-4,7-8,11,13,17H,1-2,5-6H2,(H,16,18). The minimum absolute atomic E-state index is 0.00240. The molecule has 1 saturated heterocycles. The van der Waals surface area contributed by atoms with Crippen LogP contribution in [-0.4, -0.2) is 29.8 Å². The predicted octanol–water partition coefficient (Wildman–Crippen LogP) is 2.45. The van der Waals surface area contributed by atoms with E-state index in [1.165, 1.54) is 18.9 Å². The maximum Gasteiger partial charge on any atom is 0.255 e. The molecular formula is C14H16BrNO3. The van der Waals surface area contributed by atoms with Crippen molar-refractivity contribution in [1.82, 2.24) is 5.32 Å². The number of nitrogens with one attached hydrogen (secondary N) is 1. The zero-order valence-electron chi connectivity index (χ0n) is 10.4. The minimum Gasteiger partial charge on any atom is -0.507 e. The number of carbonyl (C=O) groups is 1. The number of phenolic OH excluding ortho intramolecular Hbond substituents is 1. The van der Waals surface area contributed by atoms with Crippen molar-refractivity contribution in [2.45, 2.75) is 31.4 Å². The summed E-state index contributed by atoms with van der Waals surface area (Å²) >= 11 is 3.31. The molecule has 2 aliphatic rings. The average Bonchev–Trinajstić information content (AvgIpc) is 3.13. The fourth-order valence-electron chi connectivity index (χ4n) is 2.59. The highest BCUT2D eigenvalue weighted by Gasteiger charge is 2.41. The maximum absolute atomic E-state index is 12.2. The third kappa shape index (κ3) is 2.77. The summed E-state index contributed by atoms with van der Waals surface area (Å²) in [6, 6.07) is 4.92. The molecule has 1 aliphatic heterocycles. The maximum atomic E-state index is 12.2. The lowest BCUT2D eigenvalue weighted by Gasteiger charge is -2.19. The van der Waals surface area contributed by atoms with Crippen molar-refractivity contribution in [2.24, 2.45) is 5.92 Å². The Morgan fingerprint density at radius 1 is 1.37 bits per heavy atom. The Bertz CT molecular complexity index is 501. The molecule has 5 heteroatoms. The van der Waals surface area contributed by atoms with Gasteiger partial charge in [0.15, 0.2) is 0 Å². The van der Waals surface area contributed by atoms with Crippen molar-refractivity contribution < 1.29 is 14.6 Å². The van der Waals surface area contributed by atoms with Gasteiger partial charge in [-0.05, 0) is 43.4 Å². The second-order valence-corrected chi connectivity index (χ2v) is 6.12. The summed E-state index contributed by atoms with van der Waals surface area (Å²) in [6.07, 6.45) is 3.39. The van der Waals surface area contributed by atoms with Gasteiger partial charge < -0.3 is 15.2 Å². The van der Waals surface area contributed by atoms with Crippen molar-refractivity contribution in [3.63, 3.8) is 0 Å². The van der Waals surface area contributed by atoms with Gasteiger partial charge in [-0.2, -0.15) is 0 Å². The molecule has 1 saturated carbocycles. The smallest absolute Gasteiger partial charge is 0.255 e. The van der Waals surface area contributed by atoms with Gasteiger partial charge in [0.05, 0.1) is 17.7 Å². The number of aromatic hydroxyl groups is 1. The average molecular weight is 326 g/mol. The number of carbonyl (C=O) groups excluding carboxylic acids is 1. The molecule has 1 amide bonds. The van der Waals surface area contributed by atoms with Crippen LogP contribution in [0.15, 0.2) is 22.7 Å². The molecule has 1 aromatic carbocycles. The molecule has 1 aliphatic carbocycles. The fraction of sp³-hybridized carbons (Fsp3) is 0.500. The molecule has 19 heavy (non-hydrogen) atoms. The summed E-state index contributed by atoms with van der Waals surface area (Å²) in [7, 11) is 0. The van der Waals surface area contributed by atoms with Gasteiger partial charge in [0.2, 0.25) is 0 Å². The van der Waals surface area contributed by atoms with Crippen LogP contribution in [0, 0.1) is 5.92 Å². The van der Waals surface area contributed by atoms with Crippen LogP contribution in [0.3, 0.4) is 0 Å². The molecule has 0 aromatic heterocycles. The van der Waals surface area contributed by atoms with E-state index in [1.54, 1.807) is 12.1 Å². The molecule has 0 radical (unpaired) electrons. The normalized spacial score (nSPS) is 26.4. The van der Waals surface area contributed by atoms with Crippen LogP contribution in [-0.2, 0) is 4.74 Å². The van der Waals surface area contributed by atoms with E-state index < -0.39 is 0 Å². The van der Waals surface area contributed by atoms with E-state index >= 15 is 0 Å². The molecule has 2 N–H and O–H groups in total. The predicted molar refractivity (Wildman–Crippen MR) is 74.1 cm³/mol. The number of rotatable bonds is 3. The summed E-state index contributed by atoms with van der Waals surface area (Å²) in [4.78, 5) is 12.2. The van der Waals surface area contributed by atoms with Gasteiger partial charge in [0, 0.05) is 11.1 Å². The summed E-state index contributed by atoms with van der Waals surface area (Å²) in [6.45, 7) is 0.705. The minimum atomic E-state index is -0.236. The molecular weight excluding hydrogens is 310 g/mol.